The second kappa shape index (κ2) is 4.67. The molecule has 0 rings (SSSR count). The van der Waals surface area contributed by atoms with E-state index in [0.717, 1.165) is 11.0 Å². The van der Waals surface area contributed by atoms with Gasteiger partial charge in [-0.1, -0.05) is 6.92 Å². The van der Waals surface area contributed by atoms with Crippen molar-refractivity contribution in [3.8, 4) is 0 Å². The Morgan fingerprint density at radius 2 is 1.91 bits per heavy atom. The molecule has 0 spiro atoms. The molecule has 0 amide bonds. The van der Waals surface area contributed by atoms with Gasteiger partial charge in [-0.05, 0) is 0 Å². The summed E-state index contributed by atoms with van der Waals surface area (Å²) in [4.78, 5) is 0. The Hall–Kier alpha value is -0.150. The third kappa shape index (κ3) is 7.75. The Morgan fingerprint density at radius 3 is 2.27 bits per heavy atom. The van der Waals surface area contributed by atoms with Gasteiger partial charge in [-0.15, -0.1) is 0 Å². The number of likely N-dealkylation sites (N-methyl/N-ethyl adjacent to an activating group) is 1. The number of hydrogen-bond acceptors (Lipinski definition) is 1. The molecule has 1 unspecified atom stereocenters. The first-order valence-electron chi connectivity index (χ1n) is 4.02. The molecule has 0 aromatic rings. The zero-order valence-corrected chi connectivity index (χ0v) is 7.93. The van der Waals surface area contributed by atoms with E-state index < -0.39 is 6.36 Å². The summed E-state index contributed by atoms with van der Waals surface area (Å²) in [6.07, 6.45) is -0.640. The van der Waals surface area contributed by atoms with Crippen molar-refractivity contribution in [1.82, 2.24) is 0 Å². The Balaban J connectivity index is 3.28. The van der Waals surface area contributed by atoms with E-state index >= 15 is 0 Å². The first-order valence-corrected chi connectivity index (χ1v) is 4.02. The quantitative estimate of drug-likeness (QED) is 0.558. The summed E-state index contributed by atoms with van der Waals surface area (Å²) in [7, 11) is 6.17. The Kier molecular flexibility index (Phi) is 4.61. The van der Waals surface area contributed by atoms with Crippen molar-refractivity contribution in [1.29, 1.82) is 0 Å². The molecule has 0 aromatic carbocycles. The topological polar surface area (TPSA) is 9.23 Å². The van der Waals surface area contributed by atoms with Gasteiger partial charge in [0.25, 0.3) is 0 Å². The van der Waals surface area contributed by atoms with Crippen molar-refractivity contribution < 1.29 is 13.6 Å². The molecule has 0 saturated heterocycles. The van der Waals surface area contributed by atoms with Crippen LogP contribution < -0.4 is 0 Å². The van der Waals surface area contributed by atoms with Gasteiger partial charge in [0.1, 0.15) is 6.54 Å². The normalized spacial score (nSPS) is 15.0. The number of halogens is 1. The van der Waals surface area contributed by atoms with Gasteiger partial charge in [0.15, 0.2) is 6.36 Å². The van der Waals surface area contributed by atoms with Crippen molar-refractivity contribution in [2.45, 2.75) is 19.7 Å². The summed E-state index contributed by atoms with van der Waals surface area (Å²) >= 11 is 0. The van der Waals surface area contributed by atoms with Crippen LogP contribution >= 0.6 is 0 Å². The molecule has 11 heavy (non-hydrogen) atoms. The molecule has 0 aliphatic heterocycles. The molecule has 0 heterocycles. The van der Waals surface area contributed by atoms with Crippen LogP contribution in [0.15, 0.2) is 0 Å². The highest BCUT2D eigenvalue weighted by Gasteiger charge is 2.08. The fourth-order valence-corrected chi connectivity index (χ4v) is 0.572. The van der Waals surface area contributed by atoms with Gasteiger partial charge in [0.2, 0.25) is 0 Å². The van der Waals surface area contributed by atoms with E-state index in [2.05, 4.69) is 21.1 Å². The number of alkyl halides is 1. The van der Waals surface area contributed by atoms with E-state index in [1.807, 2.05) is 0 Å². The van der Waals surface area contributed by atoms with Crippen molar-refractivity contribution in [3.63, 3.8) is 0 Å². The van der Waals surface area contributed by atoms with Crippen LogP contribution in [-0.4, -0.2) is 45.1 Å². The molecule has 3 heteroatoms. The lowest BCUT2D eigenvalue weighted by atomic mass is 10.5. The maximum atomic E-state index is 12.5. The summed E-state index contributed by atoms with van der Waals surface area (Å²) in [5.74, 6) is 0. The summed E-state index contributed by atoms with van der Waals surface area (Å²) < 4.78 is 18.2. The second-order valence-electron chi connectivity index (χ2n) is 3.70. The lowest BCUT2D eigenvalue weighted by Crippen LogP contribution is -2.38. The number of nitrogens with zero attached hydrogens (tertiary/aromatic N) is 1. The fraction of sp³-hybridized carbons (Fsp3) is 1.00. The maximum Gasteiger partial charge on any atom is 0.198 e. The second-order valence-corrected chi connectivity index (χ2v) is 3.70. The number of quaternary nitrogens is 1. The predicted octanol–water partition coefficient (Wildman–Crippen LogP) is 1.41. The monoisotopic (exact) mass is 164 g/mol. The van der Waals surface area contributed by atoms with Gasteiger partial charge in [-0.25, -0.2) is 4.39 Å². The standard InChI is InChI=1S/C8H19FNO/c1-5-8(9)11-7-6-10(2,3)4/h8H,5-7H2,1-4H3/q+1. The summed E-state index contributed by atoms with van der Waals surface area (Å²) in [5, 5.41) is 0. The molecule has 0 saturated carbocycles. The van der Waals surface area contributed by atoms with Gasteiger partial charge in [-0.3, -0.25) is 0 Å². The molecule has 0 bridgehead atoms. The summed E-state index contributed by atoms with van der Waals surface area (Å²) in [5.41, 5.74) is 0. The van der Waals surface area contributed by atoms with Gasteiger partial charge >= 0.3 is 0 Å². The van der Waals surface area contributed by atoms with Crippen LogP contribution in [0.4, 0.5) is 4.39 Å². The van der Waals surface area contributed by atoms with Gasteiger partial charge in [0, 0.05) is 6.42 Å². The third-order valence-electron chi connectivity index (χ3n) is 1.38. The van der Waals surface area contributed by atoms with Crippen molar-refractivity contribution in [2.75, 3.05) is 34.3 Å². The molecule has 0 aliphatic carbocycles. The summed E-state index contributed by atoms with van der Waals surface area (Å²) in [6.45, 7) is 3.12. The zero-order valence-electron chi connectivity index (χ0n) is 7.93. The van der Waals surface area contributed by atoms with Crippen LogP contribution in [0.2, 0.25) is 0 Å². The van der Waals surface area contributed by atoms with E-state index in [4.69, 9.17) is 4.74 Å². The number of rotatable bonds is 5. The van der Waals surface area contributed by atoms with Crippen LogP contribution in [0.1, 0.15) is 13.3 Å². The van der Waals surface area contributed by atoms with Crippen LogP contribution in [0, 0.1) is 0 Å². The summed E-state index contributed by atoms with van der Waals surface area (Å²) in [6, 6.07) is 0. The maximum absolute atomic E-state index is 12.5. The molecule has 68 valence electrons. The average Bonchev–Trinajstić information content (AvgIpc) is 1.85. The minimum atomic E-state index is -1.08. The lowest BCUT2D eigenvalue weighted by Gasteiger charge is -2.23. The lowest BCUT2D eigenvalue weighted by molar-refractivity contribution is -0.870. The van der Waals surface area contributed by atoms with E-state index in [9.17, 15) is 4.39 Å². The number of hydrogen-bond donors (Lipinski definition) is 0. The Labute approximate surface area is 68.5 Å². The first kappa shape index (κ1) is 10.8. The molecular formula is C8H19FNO+. The van der Waals surface area contributed by atoms with Crippen molar-refractivity contribution in [2.24, 2.45) is 0 Å². The predicted molar refractivity (Wildman–Crippen MR) is 44.0 cm³/mol. The average molecular weight is 164 g/mol. The first-order chi connectivity index (χ1) is 4.95. The molecular weight excluding hydrogens is 145 g/mol. The highest BCUT2D eigenvalue weighted by atomic mass is 19.1. The molecule has 1 atom stereocenters. The number of ether oxygens (including phenoxy) is 1. The minimum absolute atomic E-state index is 0.442. The Bertz CT molecular complexity index is 101. The largest absolute Gasteiger partial charge is 0.342 e. The highest BCUT2D eigenvalue weighted by Crippen LogP contribution is 1.99. The SMILES string of the molecule is CCC(F)OCC[N+](C)(C)C. The Morgan fingerprint density at radius 1 is 1.36 bits per heavy atom. The fourth-order valence-electron chi connectivity index (χ4n) is 0.572. The van der Waals surface area contributed by atoms with E-state index in [1.165, 1.54) is 0 Å². The van der Waals surface area contributed by atoms with Gasteiger partial charge in [-0.2, -0.15) is 0 Å². The molecule has 2 nitrogen and oxygen atoms in total. The highest BCUT2D eigenvalue weighted by molar-refractivity contribution is 4.35. The molecule has 0 radical (unpaired) electrons. The van der Waals surface area contributed by atoms with Crippen molar-refractivity contribution in [3.05, 3.63) is 0 Å². The van der Waals surface area contributed by atoms with E-state index in [-0.39, 0.29) is 0 Å². The van der Waals surface area contributed by atoms with Crippen LogP contribution in [0.25, 0.3) is 0 Å². The van der Waals surface area contributed by atoms with Gasteiger partial charge < -0.3 is 9.22 Å². The van der Waals surface area contributed by atoms with Crippen LogP contribution in [0.5, 0.6) is 0 Å². The third-order valence-corrected chi connectivity index (χ3v) is 1.38. The van der Waals surface area contributed by atoms with Crippen molar-refractivity contribution >= 4 is 0 Å². The van der Waals surface area contributed by atoms with Crippen LogP contribution in [0.3, 0.4) is 0 Å². The smallest absolute Gasteiger partial charge is 0.198 e. The molecule has 0 fully saturated rings. The zero-order chi connectivity index (χ0) is 8.91. The van der Waals surface area contributed by atoms with Gasteiger partial charge in [0.05, 0.1) is 27.7 Å². The van der Waals surface area contributed by atoms with E-state index in [1.54, 1.807) is 6.92 Å². The minimum Gasteiger partial charge on any atom is -0.342 e. The molecule has 0 aliphatic rings. The van der Waals surface area contributed by atoms with Crippen LogP contribution in [-0.2, 0) is 4.74 Å². The molecule has 0 aromatic heterocycles. The van der Waals surface area contributed by atoms with E-state index in [0.29, 0.717) is 13.0 Å². The molecule has 0 N–H and O–H groups in total.